The predicted octanol–water partition coefficient (Wildman–Crippen LogP) is 3.97. The van der Waals surface area contributed by atoms with Gasteiger partial charge in [-0.2, -0.15) is 5.26 Å². The molecule has 1 saturated heterocycles. The van der Waals surface area contributed by atoms with Gasteiger partial charge in [-0.05, 0) is 81.2 Å². The van der Waals surface area contributed by atoms with Gasteiger partial charge in [-0.25, -0.2) is 0 Å². The van der Waals surface area contributed by atoms with Crippen LogP contribution >= 0.6 is 0 Å². The van der Waals surface area contributed by atoms with Crippen LogP contribution in [0.5, 0.6) is 11.5 Å². The highest BCUT2D eigenvalue weighted by Gasteiger charge is 2.68. The first-order valence-electron chi connectivity index (χ1n) is 13.7. The molecule has 2 saturated carbocycles. The molecule has 0 unspecified atom stereocenters. The van der Waals surface area contributed by atoms with Crippen LogP contribution in [0.15, 0.2) is 34.8 Å². The van der Waals surface area contributed by atoms with Gasteiger partial charge in [0.1, 0.15) is 23.1 Å². The van der Waals surface area contributed by atoms with E-state index < -0.39 is 0 Å². The number of amides is 1. The molecular weight excluding hydrogens is 492 g/mol. The number of nitriles is 1. The van der Waals surface area contributed by atoms with Gasteiger partial charge in [0, 0.05) is 50.0 Å². The lowest BCUT2D eigenvalue weighted by molar-refractivity contribution is -0.128. The van der Waals surface area contributed by atoms with Crippen molar-refractivity contribution in [1.82, 2.24) is 14.4 Å². The van der Waals surface area contributed by atoms with E-state index in [0.717, 1.165) is 65.0 Å². The molecule has 2 aromatic rings. The van der Waals surface area contributed by atoms with Crippen LogP contribution in [0.3, 0.4) is 0 Å². The Hall–Kier alpha value is -3.57. The zero-order valence-corrected chi connectivity index (χ0v) is 23.8. The molecular formula is C31H38N4O4. The maximum absolute atomic E-state index is 13.0. The van der Waals surface area contributed by atoms with Crippen molar-refractivity contribution in [2.45, 2.75) is 52.1 Å². The van der Waals surface area contributed by atoms with Gasteiger partial charge in [-0.1, -0.05) is 6.08 Å². The minimum atomic E-state index is -0.117. The molecule has 5 rings (SSSR count). The van der Waals surface area contributed by atoms with E-state index in [4.69, 9.17) is 9.47 Å². The van der Waals surface area contributed by atoms with Gasteiger partial charge in [-0.15, -0.1) is 0 Å². The number of piperidine rings is 1. The number of aromatic nitrogens is 1. The molecule has 206 valence electrons. The van der Waals surface area contributed by atoms with Gasteiger partial charge in [0.25, 0.3) is 11.5 Å². The summed E-state index contributed by atoms with van der Waals surface area (Å²) >= 11 is 0. The summed E-state index contributed by atoms with van der Waals surface area (Å²) < 4.78 is 13.3. The van der Waals surface area contributed by atoms with Gasteiger partial charge in [-0.3, -0.25) is 14.5 Å². The number of benzene rings is 1. The van der Waals surface area contributed by atoms with Crippen LogP contribution in [0.2, 0.25) is 0 Å². The summed E-state index contributed by atoms with van der Waals surface area (Å²) in [5.74, 6) is 2.06. The summed E-state index contributed by atoms with van der Waals surface area (Å²) in [6.45, 7) is 5.73. The van der Waals surface area contributed by atoms with E-state index in [0.29, 0.717) is 37.2 Å². The number of likely N-dealkylation sites (tertiary alicyclic amines) is 1. The molecule has 0 spiro atoms. The second-order valence-corrected chi connectivity index (χ2v) is 11.5. The Kier molecular flexibility index (Phi) is 7.06. The van der Waals surface area contributed by atoms with Gasteiger partial charge in [0.15, 0.2) is 0 Å². The summed E-state index contributed by atoms with van der Waals surface area (Å²) in [5.41, 5.74) is 5.03. The van der Waals surface area contributed by atoms with Crippen LogP contribution in [0.4, 0.5) is 0 Å². The minimum Gasteiger partial charge on any atom is -0.496 e. The molecule has 3 aliphatic rings. The molecule has 2 heterocycles. The Balaban J connectivity index is 1.30. The average Bonchev–Trinajstić information content (AvgIpc) is 3.83. The number of ether oxygens (including phenoxy) is 2. The van der Waals surface area contributed by atoms with E-state index in [1.54, 1.807) is 25.8 Å². The average molecular weight is 531 g/mol. The summed E-state index contributed by atoms with van der Waals surface area (Å²) in [5, 5.41) is 9.57. The number of aryl methyl sites for hydroxylation is 1. The summed E-state index contributed by atoms with van der Waals surface area (Å²) in [6.07, 6.45) is 7.76. The maximum atomic E-state index is 13.0. The molecule has 8 heteroatoms. The molecule has 39 heavy (non-hydrogen) atoms. The van der Waals surface area contributed by atoms with Crippen molar-refractivity contribution < 1.29 is 14.3 Å². The molecule has 0 N–H and O–H groups in total. The summed E-state index contributed by atoms with van der Waals surface area (Å²) in [4.78, 5) is 29.5. The smallest absolute Gasteiger partial charge is 0.264 e. The molecule has 0 bridgehead atoms. The van der Waals surface area contributed by atoms with Gasteiger partial charge >= 0.3 is 0 Å². The van der Waals surface area contributed by atoms with Gasteiger partial charge < -0.3 is 18.9 Å². The Labute approximate surface area is 230 Å². The fourth-order valence-corrected chi connectivity index (χ4v) is 6.03. The van der Waals surface area contributed by atoms with Crippen LogP contribution in [0, 0.1) is 36.5 Å². The first-order chi connectivity index (χ1) is 18.6. The van der Waals surface area contributed by atoms with Crippen molar-refractivity contribution in [1.29, 1.82) is 5.26 Å². The topological polar surface area (TPSA) is 87.8 Å². The lowest BCUT2D eigenvalue weighted by atomic mass is 9.96. The molecule has 2 aliphatic carbocycles. The molecule has 1 aromatic carbocycles. The van der Waals surface area contributed by atoms with Gasteiger partial charge in [0.05, 0.1) is 19.8 Å². The van der Waals surface area contributed by atoms with Crippen LogP contribution < -0.4 is 15.0 Å². The van der Waals surface area contributed by atoms with E-state index >= 15 is 0 Å². The number of rotatable bonds is 8. The Bertz CT molecular complexity index is 1410. The molecule has 0 radical (unpaired) electrons. The van der Waals surface area contributed by atoms with Crippen molar-refractivity contribution in [2.75, 3.05) is 34.4 Å². The van der Waals surface area contributed by atoms with E-state index in [-0.39, 0.29) is 16.9 Å². The zero-order valence-electron chi connectivity index (χ0n) is 23.8. The number of hydrogen-bond acceptors (Lipinski definition) is 6. The van der Waals surface area contributed by atoms with Crippen molar-refractivity contribution in [3.05, 3.63) is 57.0 Å². The van der Waals surface area contributed by atoms with Crippen molar-refractivity contribution in [3.63, 3.8) is 0 Å². The number of hydrogen-bond donors (Lipinski definition) is 0. The fraction of sp³-hybridized carbons (Fsp3) is 0.516. The lowest BCUT2D eigenvalue weighted by Gasteiger charge is -2.37. The number of nitrogens with zero attached hydrogens (tertiary/aromatic N) is 4. The second-order valence-electron chi connectivity index (χ2n) is 11.5. The molecule has 8 nitrogen and oxygen atoms in total. The number of fused-ring (bicyclic) bond motifs is 1. The standard InChI is InChI=1S/C31H38N4O4/c1-19-20(2)29(36)34(4)17-25(19)21-11-27(38-5)26(28(12-21)39-6)18-33(3)24-7-9-35(10-8-24)30(37)22(16-32)13-31-14-23(31)15-31/h11-13,17,23-24H,7-10,14-15,18H2,1-6H3/b22-13+. The highest BCUT2D eigenvalue weighted by molar-refractivity contribution is 5.97. The second kappa shape index (κ2) is 10.2. The highest BCUT2D eigenvalue weighted by Crippen LogP contribution is 2.76. The number of carbonyl (C=O) groups excluding carboxylic acids is 1. The largest absolute Gasteiger partial charge is 0.496 e. The normalized spacial score (nSPS) is 22.4. The van der Waals surface area contributed by atoms with E-state index in [1.807, 2.05) is 43.2 Å². The van der Waals surface area contributed by atoms with Crippen LogP contribution in [0.25, 0.3) is 11.1 Å². The molecule has 0 atom stereocenters. The molecule has 1 aromatic heterocycles. The quantitative estimate of drug-likeness (QED) is 0.379. The first kappa shape index (κ1) is 27.0. The Morgan fingerprint density at radius 3 is 2.26 bits per heavy atom. The third-order valence-electron chi connectivity index (χ3n) is 9.16. The van der Waals surface area contributed by atoms with Crippen LogP contribution in [0.1, 0.15) is 42.4 Å². The maximum Gasteiger partial charge on any atom is 0.264 e. The van der Waals surface area contributed by atoms with E-state index in [1.165, 1.54) is 0 Å². The Morgan fingerprint density at radius 1 is 1.15 bits per heavy atom. The molecule has 1 aliphatic heterocycles. The SMILES string of the molecule is COc1cc(-c2cn(C)c(=O)c(C)c2C)cc(OC)c1CN(C)C1CCN(C(=O)/C(C#N)=C/C23CC2C3)CC1. The summed E-state index contributed by atoms with van der Waals surface area (Å²) in [7, 11) is 7.18. The Morgan fingerprint density at radius 2 is 1.74 bits per heavy atom. The zero-order chi connectivity index (χ0) is 28.1. The van der Waals surface area contributed by atoms with Crippen LogP contribution in [-0.2, 0) is 18.4 Å². The third-order valence-corrected chi connectivity index (χ3v) is 9.16. The van der Waals surface area contributed by atoms with Crippen molar-refractivity contribution >= 4 is 5.91 Å². The van der Waals surface area contributed by atoms with Crippen LogP contribution in [-0.4, -0.2) is 60.7 Å². The number of carbonyl (C=O) groups is 1. The van der Waals surface area contributed by atoms with Crippen molar-refractivity contribution in [3.8, 4) is 28.7 Å². The molecule has 3 fully saturated rings. The predicted molar refractivity (Wildman–Crippen MR) is 150 cm³/mol. The first-order valence-corrected chi connectivity index (χ1v) is 13.7. The summed E-state index contributed by atoms with van der Waals surface area (Å²) in [6, 6.07) is 6.48. The van der Waals surface area contributed by atoms with E-state index in [2.05, 4.69) is 18.0 Å². The van der Waals surface area contributed by atoms with Crippen molar-refractivity contribution in [2.24, 2.45) is 18.4 Å². The molecule has 1 amide bonds. The number of pyridine rings is 1. The monoisotopic (exact) mass is 530 g/mol. The lowest BCUT2D eigenvalue weighted by Crippen LogP contribution is -2.45. The minimum absolute atomic E-state index is 0.000214. The number of allylic oxidation sites excluding steroid dienone is 1. The highest BCUT2D eigenvalue weighted by atomic mass is 16.5. The van der Waals surface area contributed by atoms with Gasteiger partial charge in [0.2, 0.25) is 0 Å². The van der Waals surface area contributed by atoms with E-state index in [9.17, 15) is 14.9 Å². The number of methoxy groups -OCH3 is 2. The third kappa shape index (κ3) is 4.96. The fourth-order valence-electron chi connectivity index (χ4n) is 6.03.